The number of carbonyl (C=O) groups excluding carboxylic acids is 1. The zero-order valence-corrected chi connectivity index (χ0v) is 16.5. The molecule has 1 fully saturated rings. The largest absolute Gasteiger partial charge is 0.490 e. The number of pyridine rings is 1. The molecule has 4 rings (SSSR count). The predicted octanol–water partition coefficient (Wildman–Crippen LogP) is 4.99. The summed E-state index contributed by atoms with van der Waals surface area (Å²) in [6.07, 6.45) is 4.41. The second-order valence-electron chi connectivity index (χ2n) is 7.41. The fourth-order valence-electron chi connectivity index (χ4n) is 3.87. The molecular formula is C24H26N2O2. The van der Waals surface area contributed by atoms with Gasteiger partial charge in [0.25, 0.3) is 0 Å². The van der Waals surface area contributed by atoms with Crippen molar-refractivity contribution in [3.05, 3.63) is 60.4 Å². The van der Waals surface area contributed by atoms with E-state index in [0.717, 1.165) is 37.4 Å². The molecule has 3 aromatic rings. The summed E-state index contributed by atoms with van der Waals surface area (Å²) in [5.74, 6) is 1.13. The Morgan fingerprint density at radius 1 is 1.07 bits per heavy atom. The van der Waals surface area contributed by atoms with E-state index >= 15 is 0 Å². The van der Waals surface area contributed by atoms with Gasteiger partial charge in [-0.2, -0.15) is 0 Å². The Bertz CT molecular complexity index is 974. The normalized spacial score (nSPS) is 15.0. The van der Waals surface area contributed by atoms with Gasteiger partial charge in [0.15, 0.2) is 0 Å². The average Bonchev–Trinajstić information content (AvgIpc) is 2.74. The molecule has 0 atom stereocenters. The van der Waals surface area contributed by atoms with Gasteiger partial charge in [-0.1, -0.05) is 31.2 Å². The van der Waals surface area contributed by atoms with E-state index in [1.165, 1.54) is 21.9 Å². The highest BCUT2D eigenvalue weighted by molar-refractivity contribution is 5.88. The van der Waals surface area contributed by atoms with Crippen LogP contribution < -0.4 is 4.74 Å². The first-order chi connectivity index (χ1) is 13.6. The summed E-state index contributed by atoms with van der Waals surface area (Å²) in [6.45, 7) is 5.54. The van der Waals surface area contributed by atoms with Crippen molar-refractivity contribution < 1.29 is 9.53 Å². The maximum atomic E-state index is 11.8. The van der Waals surface area contributed by atoms with E-state index in [9.17, 15) is 4.79 Å². The van der Waals surface area contributed by atoms with E-state index in [-0.39, 0.29) is 12.0 Å². The van der Waals surface area contributed by atoms with Gasteiger partial charge in [0.1, 0.15) is 11.9 Å². The number of nitrogens with zero attached hydrogens (tertiary/aromatic N) is 2. The molecule has 4 heteroatoms. The molecule has 1 aliphatic rings. The summed E-state index contributed by atoms with van der Waals surface area (Å²) in [6, 6.07) is 16.9. The highest BCUT2D eigenvalue weighted by Crippen LogP contribution is 2.28. The van der Waals surface area contributed by atoms with Crippen LogP contribution in [0.25, 0.3) is 21.9 Å². The summed E-state index contributed by atoms with van der Waals surface area (Å²) in [5.41, 5.74) is 3.42. The summed E-state index contributed by atoms with van der Waals surface area (Å²) >= 11 is 0. The lowest BCUT2D eigenvalue weighted by atomic mass is 10.0. The van der Waals surface area contributed by atoms with Crippen LogP contribution in [0.15, 0.2) is 54.7 Å². The molecule has 28 heavy (non-hydrogen) atoms. The third-order valence-corrected chi connectivity index (χ3v) is 5.55. The number of ether oxygens (including phenoxy) is 1. The Hall–Kier alpha value is -2.88. The minimum absolute atomic E-state index is 0.183. The van der Waals surface area contributed by atoms with E-state index in [1.54, 1.807) is 0 Å². The molecule has 0 saturated carbocycles. The first-order valence-electron chi connectivity index (χ1n) is 10.0. The van der Waals surface area contributed by atoms with E-state index in [4.69, 9.17) is 4.74 Å². The van der Waals surface area contributed by atoms with E-state index in [2.05, 4.69) is 41.4 Å². The van der Waals surface area contributed by atoms with Gasteiger partial charge in [0, 0.05) is 49.6 Å². The molecule has 2 heterocycles. The van der Waals surface area contributed by atoms with Crippen molar-refractivity contribution in [2.45, 2.75) is 39.2 Å². The van der Waals surface area contributed by atoms with Crippen molar-refractivity contribution in [2.75, 3.05) is 13.1 Å². The molecule has 144 valence electrons. The Balaban J connectivity index is 1.43. The lowest BCUT2D eigenvalue weighted by Crippen LogP contribution is -2.41. The van der Waals surface area contributed by atoms with Crippen LogP contribution in [0, 0.1) is 6.92 Å². The maximum Gasteiger partial charge on any atom is 0.222 e. The van der Waals surface area contributed by atoms with Crippen LogP contribution in [0.4, 0.5) is 0 Å². The highest BCUT2D eigenvalue weighted by atomic mass is 16.5. The number of carbonyl (C=O) groups is 1. The van der Waals surface area contributed by atoms with E-state index in [0.29, 0.717) is 6.42 Å². The number of likely N-dealkylation sites (tertiary alicyclic amines) is 1. The van der Waals surface area contributed by atoms with Gasteiger partial charge >= 0.3 is 0 Å². The predicted molar refractivity (Wildman–Crippen MR) is 112 cm³/mol. The average molecular weight is 374 g/mol. The lowest BCUT2D eigenvalue weighted by molar-refractivity contribution is -0.132. The van der Waals surface area contributed by atoms with Gasteiger partial charge in [0.05, 0.1) is 0 Å². The summed E-state index contributed by atoms with van der Waals surface area (Å²) in [5, 5.41) is 2.40. The Labute approximate surface area is 166 Å². The van der Waals surface area contributed by atoms with Gasteiger partial charge in [0.2, 0.25) is 5.91 Å². The van der Waals surface area contributed by atoms with Crippen molar-refractivity contribution >= 4 is 16.7 Å². The molecular weight excluding hydrogens is 348 g/mol. The highest BCUT2D eigenvalue weighted by Gasteiger charge is 2.22. The molecule has 0 N–H and O–H groups in total. The molecule has 0 bridgehead atoms. The standard InChI is InChI=1S/C24H26N2O2/c1-3-24(27)26-14-11-22(12-15-26)28-21-7-4-18(5-8-21)19-6-9-23-17(2)25-13-10-20(23)16-19/h4-10,13,16,22H,3,11-12,14-15H2,1-2H3. The maximum absolute atomic E-state index is 11.8. The number of benzene rings is 2. The lowest BCUT2D eigenvalue weighted by Gasteiger charge is -2.32. The van der Waals surface area contributed by atoms with E-state index < -0.39 is 0 Å². The smallest absolute Gasteiger partial charge is 0.222 e. The molecule has 0 aliphatic carbocycles. The summed E-state index contributed by atoms with van der Waals surface area (Å²) < 4.78 is 6.15. The SMILES string of the molecule is CCC(=O)N1CCC(Oc2ccc(-c3ccc4c(C)nccc4c3)cc2)CC1. The zero-order valence-electron chi connectivity index (χ0n) is 16.5. The minimum atomic E-state index is 0.183. The minimum Gasteiger partial charge on any atom is -0.490 e. The van der Waals surface area contributed by atoms with Gasteiger partial charge in [-0.15, -0.1) is 0 Å². The number of rotatable bonds is 4. The van der Waals surface area contributed by atoms with Crippen LogP contribution in [-0.2, 0) is 4.79 Å². The molecule has 0 radical (unpaired) electrons. The summed E-state index contributed by atoms with van der Waals surface area (Å²) in [4.78, 5) is 18.1. The van der Waals surface area contributed by atoms with Crippen molar-refractivity contribution in [3.63, 3.8) is 0 Å². The third-order valence-electron chi connectivity index (χ3n) is 5.55. The van der Waals surface area contributed by atoms with Crippen LogP contribution in [0.3, 0.4) is 0 Å². The number of aryl methyl sites for hydroxylation is 1. The van der Waals surface area contributed by atoms with Crippen molar-refractivity contribution in [2.24, 2.45) is 0 Å². The topological polar surface area (TPSA) is 42.4 Å². The number of fused-ring (bicyclic) bond motifs is 1. The molecule has 2 aromatic carbocycles. The molecule has 0 unspecified atom stereocenters. The number of amides is 1. The second-order valence-corrected chi connectivity index (χ2v) is 7.41. The molecule has 1 aromatic heterocycles. The summed E-state index contributed by atoms with van der Waals surface area (Å²) in [7, 11) is 0. The van der Waals surface area contributed by atoms with Gasteiger partial charge in [-0.25, -0.2) is 0 Å². The fraction of sp³-hybridized carbons (Fsp3) is 0.333. The van der Waals surface area contributed by atoms with Crippen LogP contribution in [-0.4, -0.2) is 35.0 Å². The Morgan fingerprint density at radius 2 is 1.79 bits per heavy atom. The third kappa shape index (κ3) is 3.86. The van der Waals surface area contributed by atoms with E-state index in [1.807, 2.05) is 37.1 Å². The number of piperidine rings is 1. The van der Waals surface area contributed by atoms with Crippen molar-refractivity contribution in [1.29, 1.82) is 0 Å². The van der Waals surface area contributed by atoms with Gasteiger partial charge in [-0.3, -0.25) is 9.78 Å². The van der Waals surface area contributed by atoms with Gasteiger partial charge in [-0.05, 0) is 47.7 Å². The number of aromatic nitrogens is 1. The van der Waals surface area contributed by atoms with Gasteiger partial charge < -0.3 is 9.64 Å². The molecule has 0 spiro atoms. The monoisotopic (exact) mass is 374 g/mol. The first-order valence-corrected chi connectivity index (χ1v) is 10.0. The second kappa shape index (κ2) is 8.01. The molecule has 4 nitrogen and oxygen atoms in total. The number of hydrogen-bond donors (Lipinski definition) is 0. The Kier molecular flexibility index (Phi) is 5.29. The van der Waals surface area contributed by atoms with Crippen LogP contribution in [0.2, 0.25) is 0 Å². The quantitative estimate of drug-likeness (QED) is 0.646. The first kappa shape index (κ1) is 18.5. The van der Waals surface area contributed by atoms with Crippen LogP contribution in [0.1, 0.15) is 31.9 Å². The molecule has 1 aliphatic heterocycles. The van der Waals surface area contributed by atoms with Crippen LogP contribution >= 0.6 is 0 Å². The molecule has 1 saturated heterocycles. The number of hydrogen-bond acceptors (Lipinski definition) is 3. The van der Waals surface area contributed by atoms with Crippen molar-refractivity contribution in [1.82, 2.24) is 9.88 Å². The van der Waals surface area contributed by atoms with Crippen molar-refractivity contribution in [3.8, 4) is 16.9 Å². The zero-order chi connectivity index (χ0) is 19.5. The molecule has 1 amide bonds. The fourth-order valence-corrected chi connectivity index (χ4v) is 3.87. The van der Waals surface area contributed by atoms with Crippen LogP contribution in [0.5, 0.6) is 5.75 Å². The Morgan fingerprint density at radius 3 is 2.50 bits per heavy atom.